The number of hydrogen-bond donors (Lipinski definition) is 0. The Hall–Kier alpha value is -0.190. The molecule has 12 heavy (non-hydrogen) atoms. The molecule has 0 N–H and O–H groups in total. The van der Waals surface area contributed by atoms with Gasteiger partial charge in [0.25, 0.3) is 0 Å². The van der Waals surface area contributed by atoms with Crippen LogP contribution in [0.4, 0.5) is 13.2 Å². The van der Waals surface area contributed by atoms with Crippen molar-refractivity contribution in [1.82, 2.24) is 0 Å². The molecule has 0 saturated carbocycles. The molecule has 0 spiro atoms. The molecule has 0 aromatic heterocycles. The lowest BCUT2D eigenvalue weighted by molar-refractivity contribution is -0.186. The van der Waals surface area contributed by atoms with Crippen molar-refractivity contribution in [2.45, 2.75) is 18.9 Å². The van der Waals surface area contributed by atoms with E-state index in [1.807, 2.05) is 0 Å². The molecule has 0 aliphatic carbocycles. The zero-order chi connectivity index (χ0) is 9.78. The highest BCUT2D eigenvalue weighted by Crippen LogP contribution is 2.40. The molecule has 2 unspecified atom stereocenters. The van der Waals surface area contributed by atoms with Crippen molar-refractivity contribution in [2.75, 3.05) is 13.7 Å². The molecule has 0 heterocycles. The second-order valence-electron chi connectivity index (χ2n) is 1.83. The van der Waals surface area contributed by atoms with Crippen molar-refractivity contribution in [3.05, 3.63) is 0 Å². The normalized spacial score (nSPS) is 15.9. The van der Waals surface area contributed by atoms with E-state index in [9.17, 15) is 17.7 Å². The van der Waals surface area contributed by atoms with Gasteiger partial charge >= 0.3 is 20.0 Å². The lowest BCUT2D eigenvalue weighted by Crippen LogP contribution is -2.27. The summed E-state index contributed by atoms with van der Waals surface area (Å²) in [5, 5.41) is 0. The number of halogens is 3. The second kappa shape index (κ2) is 4.74. The summed E-state index contributed by atoms with van der Waals surface area (Å²) in [6, 6.07) is 0. The highest BCUT2D eigenvalue weighted by Gasteiger charge is 2.55. The van der Waals surface area contributed by atoms with Gasteiger partial charge in [0.15, 0.2) is 0 Å². The third-order valence-corrected chi connectivity index (χ3v) is 2.35. The van der Waals surface area contributed by atoms with Gasteiger partial charge in [0.2, 0.25) is 0 Å². The van der Waals surface area contributed by atoms with E-state index in [-0.39, 0.29) is 6.61 Å². The van der Waals surface area contributed by atoms with Crippen LogP contribution in [0.2, 0.25) is 0 Å². The molecule has 0 aromatic carbocycles. The highest BCUT2D eigenvalue weighted by molar-refractivity contribution is 7.39. The Labute approximate surface area is 68.7 Å². The molecule has 0 rings (SSSR count). The summed E-state index contributed by atoms with van der Waals surface area (Å²) < 4.78 is 54.7. The second-order valence-corrected chi connectivity index (χ2v) is 3.13. The van der Waals surface area contributed by atoms with E-state index in [0.29, 0.717) is 0 Å². The van der Waals surface area contributed by atoms with Crippen LogP contribution in [0.1, 0.15) is 6.92 Å². The third kappa shape index (κ3) is 3.47. The van der Waals surface area contributed by atoms with Crippen LogP contribution in [0.25, 0.3) is 0 Å². The maximum Gasteiger partial charge on any atom is 0.550 e. The molecule has 2 atom stereocenters. The van der Waals surface area contributed by atoms with Crippen molar-refractivity contribution in [2.24, 2.45) is 0 Å². The van der Waals surface area contributed by atoms with Gasteiger partial charge in [0.1, 0.15) is 0 Å². The molecule has 0 bridgehead atoms. The average molecular weight is 205 g/mol. The first-order valence-corrected chi connectivity index (χ1v) is 4.37. The van der Waals surface area contributed by atoms with Crippen molar-refractivity contribution < 1.29 is 27.0 Å². The standard InChI is InChI=1S/C5H9F3O3P/c1-3-11-12(9)4(10-2)5(6,7)8/h4H,3H2,1-2H3/q+1. The average Bonchev–Trinajstić information content (AvgIpc) is 1.85. The molecular formula is C5H9F3O3P+. The third-order valence-electron chi connectivity index (χ3n) is 0.951. The van der Waals surface area contributed by atoms with Crippen LogP contribution >= 0.6 is 8.03 Å². The van der Waals surface area contributed by atoms with Gasteiger partial charge < -0.3 is 4.74 Å². The van der Waals surface area contributed by atoms with Gasteiger partial charge in [0.05, 0.1) is 6.61 Å². The highest BCUT2D eigenvalue weighted by atomic mass is 31.1. The molecule has 0 aliphatic rings. The Morgan fingerprint density at radius 1 is 1.50 bits per heavy atom. The quantitative estimate of drug-likeness (QED) is 0.660. The van der Waals surface area contributed by atoms with Crippen LogP contribution in [0.3, 0.4) is 0 Å². The Morgan fingerprint density at radius 3 is 2.25 bits per heavy atom. The van der Waals surface area contributed by atoms with E-state index in [4.69, 9.17) is 0 Å². The first-order valence-electron chi connectivity index (χ1n) is 3.12. The van der Waals surface area contributed by atoms with Crippen LogP contribution in [-0.4, -0.2) is 25.7 Å². The fraction of sp³-hybridized carbons (Fsp3) is 1.00. The molecule has 0 aliphatic heterocycles. The Kier molecular flexibility index (Phi) is 4.67. The molecule has 0 amide bonds. The predicted octanol–water partition coefficient (Wildman–Crippen LogP) is 2.30. The maximum absolute atomic E-state index is 11.9. The van der Waals surface area contributed by atoms with Gasteiger partial charge in [-0.05, 0) is 11.5 Å². The smallest absolute Gasteiger partial charge is 0.329 e. The SMILES string of the molecule is CCO[P+](=O)C(OC)C(F)(F)F. The van der Waals surface area contributed by atoms with Gasteiger partial charge in [-0.25, -0.2) is 0 Å². The molecule has 72 valence electrons. The number of hydrogen-bond acceptors (Lipinski definition) is 3. The van der Waals surface area contributed by atoms with Gasteiger partial charge in [-0.2, -0.15) is 13.2 Å². The number of alkyl halides is 3. The number of rotatable bonds is 4. The van der Waals surface area contributed by atoms with Gasteiger partial charge in [-0.15, -0.1) is 4.52 Å². The topological polar surface area (TPSA) is 35.5 Å². The molecule has 0 fully saturated rings. The van der Waals surface area contributed by atoms with Crippen molar-refractivity contribution in [1.29, 1.82) is 0 Å². The van der Waals surface area contributed by atoms with Crippen molar-refractivity contribution >= 4 is 8.03 Å². The summed E-state index contributed by atoms with van der Waals surface area (Å²) >= 11 is 0. The maximum atomic E-state index is 11.9. The number of ether oxygens (including phenoxy) is 1. The van der Waals surface area contributed by atoms with E-state index in [1.165, 1.54) is 6.92 Å². The van der Waals surface area contributed by atoms with Crippen LogP contribution in [0.15, 0.2) is 0 Å². The van der Waals surface area contributed by atoms with E-state index >= 15 is 0 Å². The van der Waals surface area contributed by atoms with E-state index < -0.39 is 20.0 Å². The minimum Gasteiger partial charge on any atom is -0.329 e. The summed E-state index contributed by atoms with van der Waals surface area (Å²) in [6.07, 6.45) is -4.64. The molecule has 3 nitrogen and oxygen atoms in total. The van der Waals surface area contributed by atoms with Crippen molar-refractivity contribution in [3.8, 4) is 0 Å². The van der Waals surface area contributed by atoms with Crippen LogP contribution < -0.4 is 0 Å². The van der Waals surface area contributed by atoms with Gasteiger partial charge in [-0.1, -0.05) is 0 Å². The van der Waals surface area contributed by atoms with E-state index in [2.05, 4.69) is 9.26 Å². The zero-order valence-electron chi connectivity index (χ0n) is 6.59. The first-order chi connectivity index (χ1) is 5.43. The fourth-order valence-electron chi connectivity index (χ4n) is 0.534. The van der Waals surface area contributed by atoms with E-state index in [1.54, 1.807) is 0 Å². The summed E-state index contributed by atoms with van der Waals surface area (Å²) in [4.78, 5) is 0. The summed E-state index contributed by atoms with van der Waals surface area (Å²) in [6.45, 7) is 1.42. The zero-order valence-corrected chi connectivity index (χ0v) is 7.48. The lowest BCUT2D eigenvalue weighted by atomic mass is 10.7. The Bertz CT molecular complexity index is 159. The van der Waals surface area contributed by atoms with Crippen LogP contribution in [0.5, 0.6) is 0 Å². The molecule has 7 heteroatoms. The minimum absolute atomic E-state index is 0.0366. The summed E-state index contributed by atoms with van der Waals surface area (Å²) in [7, 11) is -1.99. The van der Waals surface area contributed by atoms with E-state index in [0.717, 1.165) is 7.11 Å². The predicted molar refractivity (Wildman–Crippen MR) is 36.1 cm³/mol. The molecule has 0 aromatic rings. The summed E-state index contributed by atoms with van der Waals surface area (Å²) in [5.74, 6) is -2.33. The molecule has 0 radical (unpaired) electrons. The van der Waals surface area contributed by atoms with Crippen molar-refractivity contribution in [3.63, 3.8) is 0 Å². The summed E-state index contributed by atoms with van der Waals surface area (Å²) in [5.41, 5.74) is 0. The van der Waals surface area contributed by atoms with Gasteiger partial charge in [0, 0.05) is 7.11 Å². The lowest BCUT2D eigenvalue weighted by Gasteiger charge is -2.07. The Morgan fingerprint density at radius 2 is 2.00 bits per heavy atom. The van der Waals surface area contributed by atoms with Crippen LogP contribution in [0, 0.1) is 0 Å². The molecular weight excluding hydrogens is 196 g/mol. The monoisotopic (exact) mass is 205 g/mol. The van der Waals surface area contributed by atoms with Crippen LogP contribution in [-0.2, 0) is 13.8 Å². The fourth-order valence-corrected chi connectivity index (χ4v) is 1.34. The number of methoxy groups -OCH3 is 1. The minimum atomic E-state index is -4.64. The Balaban J connectivity index is 4.25. The largest absolute Gasteiger partial charge is 0.550 e. The van der Waals surface area contributed by atoms with Gasteiger partial charge in [-0.3, -0.25) is 0 Å². The first kappa shape index (κ1) is 11.8. The molecule has 0 saturated heterocycles.